The van der Waals surface area contributed by atoms with Crippen molar-refractivity contribution in [2.75, 3.05) is 21.3 Å². The summed E-state index contributed by atoms with van der Waals surface area (Å²) in [5.74, 6) is 0.258. The zero-order chi connectivity index (χ0) is 14.4. The summed E-state index contributed by atoms with van der Waals surface area (Å²) < 4.78 is 18.0. The van der Waals surface area contributed by atoms with Crippen LogP contribution in [0.4, 0.5) is 0 Å². The molecule has 0 aromatic carbocycles. The van der Waals surface area contributed by atoms with Crippen LogP contribution in [-0.2, 0) is 19.8 Å². The molecule has 1 aromatic heterocycles. The topological polar surface area (TPSA) is 58.4 Å². The van der Waals surface area contributed by atoms with Crippen LogP contribution in [0.25, 0.3) is 0 Å². The Balaban J connectivity index is 1.85. The van der Waals surface area contributed by atoms with Gasteiger partial charge < -0.3 is 13.3 Å². The molecule has 0 aliphatic heterocycles. The molecule has 7 heteroatoms. The lowest BCUT2D eigenvalue weighted by atomic mass is 10.1. The summed E-state index contributed by atoms with van der Waals surface area (Å²) in [6, 6.07) is 0.759. The minimum atomic E-state index is -2.47. The van der Waals surface area contributed by atoms with E-state index in [-0.39, 0.29) is 5.92 Å². The number of aryl methyl sites for hydroxylation is 1. The van der Waals surface area contributed by atoms with Crippen LogP contribution in [0.2, 0.25) is 6.04 Å². The second kappa shape index (κ2) is 6.94. The minimum Gasteiger partial charge on any atom is -0.377 e. The van der Waals surface area contributed by atoms with Crippen LogP contribution in [0.1, 0.15) is 18.0 Å². The number of hydrogen-bond acceptors (Lipinski definition) is 5. The molecule has 0 spiro atoms. The van der Waals surface area contributed by atoms with E-state index in [0.29, 0.717) is 0 Å². The molecule has 0 unspecified atom stereocenters. The molecule has 1 aromatic rings. The van der Waals surface area contributed by atoms with Gasteiger partial charge in [-0.2, -0.15) is 0 Å². The molecule has 0 radical (unpaired) electrons. The summed E-state index contributed by atoms with van der Waals surface area (Å²) in [6.07, 6.45) is 11.1. The summed E-state index contributed by atoms with van der Waals surface area (Å²) in [5.41, 5.74) is 0.976. The third kappa shape index (κ3) is 3.43. The van der Waals surface area contributed by atoms with Crippen molar-refractivity contribution in [2.24, 2.45) is 0 Å². The van der Waals surface area contributed by atoms with Crippen molar-refractivity contribution in [1.29, 1.82) is 0 Å². The molecule has 0 saturated heterocycles. The van der Waals surface area contributed by atoms with E-state index in [1.165, 1.54) is 0 Å². The first-order chi connectivity index (χ1) is 9.73. The molecule has 1 aliphatic carbocycles. The van der Waals surface area contributed by atoms with Gasteiger partial charge in [-0.3, -0.25) is 4.68 Å². The van der Waals surface area contributed by atoms with E-state index >= 15 is 0 Å². The van der Waals surface area contributed by atoms with Gasteiger partial charge in [0.25, 0.3) is 0 Å². The molecule has 0 atom stereocenters. The van der Waals surface area contributed by atoms with Gasteiger partial charge in [0.2, 0.25) is 0 Å². The molecule has 20 heavy (non-hydrogen) atoms. The number of aromatic nitrogens is 3. The lowest BCUT2D eigenvalue weighted by Gasteiger charge is -2.24. The normalized spacial score (nSPS) is 15.3. The van der Waals surface area contributed by atoms with Crippen molar-refractivity contribution in [3.8, 4) is 0 Å². The first kappa shape index (κ1) is 15.1. The highest BCUT2D eigenvalue weighted by Gasteiger charge is 2.36. The first-order valence-electron chi connectivity index (χ1n) is 6.63. The van der Waals surface area contributed by atoms with Crippen LogP contribution in [0, 0.1) is 0 Å². The Morgan fingerprint density at radius 1 is 1.15 bits per heavy atom. The third-order valence-electron chi connectivity index (χ3n) is 3.45. The molecule has 110 valence electrons. The summed E-state index contributed by atoms with van der Waals surface area (Å²) in [6.45, 7) is 0.776. The fraction of sp³-hybridized carbons (Fsp3) is 0.538. The second-order valence-corrected chi connectivity index (χ2v) is 7.69. The van der Waals surface area contributed by atoms with Crippen molar-refractivity contribution in [2.45, 2.75) is 24.9 Å². The van der Waals surface area contributed by atoms with Crippen molar-refractivity contribution < 1.29 is 13.3 Å². The maximum atomic E-state index is 5.39. The molecular weight excluding hydrogens is 274 g/mol. The van der Waals surface area contributed by atoms with Crippen LogP contribution in [0.3, 0.4) is 0 Å². The Hall–Kier alpha value is -1.28. The van der Waals surface area contributed by atoms with Crippen LogP contribution < -0.4 is 0 Å². The molecule has 1 heterocycles. The zero-order valence-corrected chi connectivity index (χ0v) is 13.2. The quantitative estimate of drug-likeness (QED) is 0.684. The molecule has 2 rings (SSSR count). The van der Waals surface area contributed by atoms with Crippen molar-refractivity contribution in [1.82, 2.24) is 15.0 Å². The smallest absolute Gasteiger partial charge is 0.377 e. The first-order valence-corrected chi connectivity index (χ1v) is 8.56. The molecule has 6 nitrogen and oxygen atoms in total. The van der Waals surface area contributed by atoms with E-state index in [9.17, 15) is 0 Å². The highest BCUT2D eigenvalue weighted by molar-refractivity contribution is 6.60. The zero-order valence-electron chi connectivity index (χ0n) is 12.2. The van der Waals surface area contributed by atoms with Gasteiger partial charge in [0, 0.05) is 46.0 Å². The average Bonchev–Trinajstić information content (AvgIpc) is 3.15. The molecule has 0 saturated carbocycles. The Labute approximate surface area is 120 Å². The van der Waals surface area contributed by atoms with E-state index in [2.05, 4.69) is 22.5 Å². The predicted molar refractivity (Wildman–Crippen MR) is 77.2 cm³/mol. The van der Waals surface area contributed by atoms with E-state index in [0.717, 1.165) is 24.7 Å². The maximum Gasteiger partial charge on any atom is 0.500 e. The van der Waals surface area contributed by atoms with Crippen LogP contribution in [0.15, 0.2) is 30.5 Å². The van der Waals surface area contributed by atoms with Gasteiger partial charge in [0.05, 0.1) is 5.69 Å². The van der Waals surface area contributed by atoms with Gasteiger partial charge in [0.1, 0.15) is 0 Å². The van der Waals surface area contributed by atoms with E-state index in [1.807, 2.05) is 23.0 Å². The Morgan fingerprint density at radius 2 is 1.80 bits per heavy atom. The number of hydrogen-bond donors (Lipinski definition) is 0. The van der Waals surface area contributed by atoms with Crippen molar-refractivity contribution in [3.05, 3.63) is 36.2 Å². The van der Waals surface area contributed by atoms with Crippen LogP contribution >= 0.6 is 0 Å². The molecular formula is C13H21N3O3Si. The summed E-state index contributed by atoms with van der Waals surface area (Å²) in [7, 11) is 2.42. The Bertz CT molecular complexity index is 463. The van der Waals surface area contributed by atoms with Gasteiger partial charge in [-0.25, -0.2) is 0 Å². The lowest BCUT2D eigenvalue weighted by Crippen LogP contribution is -2.42. The number of allylic oxidation sites excluding steroid dienone is 4. The predicted octanol–water partition coefficient (Wildman–Crippen LogP) is 1.76. The highest BCUT2D eigenvalue weighted by Crippen LogP contribution is 2.20. The molecule has 0 N–H and O–H groups in total. The van der Waals surface area contributed by atoms with Gasteiger partial charge in [-0.05, 0) is 6.42 Å². The number of nitrogens with zero attached hydrogens (tertiary/aromatic N) is 3. The van der Waals surface area contributed by atoms with Crippen LogP contribution in [-0.4, -0.2) is 45.1 Å². The van der Waals surface area contributed by atoms with Gasteiger partial charge in [0.15, 0.2) is 0 Å². The van der Waals surface area contributed by atoms with E-state index in [1.54, 1.807) is 21.3 Å². The van der Waals surface area contributed by atoms with E-state index in [4.69, 9.17) is 13.3 Å². The van der Waals surface area contributed by atoms with Gasteiger partial charge in [-0.1, -0.05) is 29.5 Å². The molecule has 0 fully saturated rings. The van der Waals surface area contributed by atoms with Crippen molar-refractivity contribution in [3.63, 3.8) is 0 Å². The third-order valence-corrected chi connectivity index (χ3v) is 6.28. The fourth-order valence-corrected chi connectivity index (χ4v) is 3.92. The fourth-order valence-electron chi connectivity index (χ4n) is 2.22. The average molecular weight is 295 g/mol. The molecule has 0 amide bonds. The summed E-state index contributed by atoms with van der Waals surface area (Å²) in [4.78, 5) is 0. The van der Waals surface area contributed by atoms with Gasteiger partial charge in [-0.15, -0.1) is 5.10 Å². The summed E-state index contributed by atoms with van der Waals surface area (Å²) in [5, 5.41) is 8.35. The molecule has 0 bridgehead atoms. The maximum absolute atomic E-state index is 5.39. The highest BCUT2D eigenvalue weighted by atomic mass is 28.4. The summed E-state index contributed by atoms with van der Waals surface area (Å²) >= 11 is 0. The SMILES string of the molecule is CO[Si](CCCn1cc(C2C=CC=C2)nn1)(OC)OC. The Kier molecular flexibility index (Phi) is 5.24. The monoisotopic (exact) mass is 295 g/mol. The minimum absolute atomic E-state index is 0.258. The van der Waals surface area contributed by atoms with Crippen molar-refractivity contribution >= 4 is 8.80 Å². The standard InChI is InChI=1S/C13H21N3O3Si/c1-17-20(18-2,19-3)10-6-9-16-11-13(14-15-16)12-7-4-5-8-12/h4-5,7-8,11-12H,6,9-10H2,1-3H3. The van der Waals surface area contributed by atoms with Gasteiger partial charge >= 0.3 is 8.80 Å². The molecule has 1 aliphatic rings. The number of rotatable bonds is 8. The van der Waals surface area contributed by atoms with Crippen LogP contribution in [0.5, 0.6) is 0 Å². The van der Waals surface area contributed by atoms with E-state index < -0.39 is 8.80 Å². The Morgan fingerprint density at radius 3 is 2.40 bits per heavy atom. The second-order valence-electron chi connectivity index (χ2n) is 4.60. The lowest BCUT2D eigenvalue weighted by molar-refractivity contribution is 0.122. The largest absolute Gasteiger partial charge is 0.500 e.